The third-order valence-corrected chi connectivity index (χ3v) is 7.44. The van der Waals surface area contributed by atoms with Gasteiger partial charge in [0.25, 0.3) is 5.91 Å². The average molecular weight is 578 g/mol. The zero-order valence-corrected chi connectivity index (χ0v) is 23.9. The molecule has 9 heteroatoms. The van der Waals surface area contributed by atoms with Crippen molar-refractivity contribution in [3.05, 3.63) is 99.7 Å². The van der Waals surface area contributed by atoms with E-state index in [4.69, 9.17) is 27.9 Å². The van der Waals surface area contributed by atoms with Crippen LogP contribution in [0.3, 0.4) is 0 Å². The number of halogens is 2. The highest BCUT2D eigenvalue weighted by molar-refractivity contribution is 6.30. The number of carbonyl (C=O) groups is 2. The van der Waals surface area contributed by atoms with Gasteiger partial charge in [-0.15, -0.1) is 0 Å². The number of ketones is 1. The van der Waals surface area contributed by atoms with Gasteiger partial charge in [-0.1, -0.05) is 49.2 Å². The van der Waals surface area contributed by atoms with Crippen LogP contribution in [0.25, 0.3) is 0 Å². The second-order valence-corrected chi connectivity index (χ2v) is 11.6. The molecule has 0 atom stereocenters. The molecule has 0 saturated heterocycles. The fourth-order valence-corrected chi connectivity index (χ4v) is 5.20. The number of allylic oxidation sites excluding steroid dienone is 1. The van der Waals surface area contributed by atoms with Crippen molar-refractivity contribution in [1.29, 1.82) is 0 Å². The van der Waals surface area contributed by atoms with E-state index in [1.165, 1.54) is 6.21 Å². The maximum Gasteiger partial charge on any atom is 0.277 e. The van der Waals surface area contributed by atoms with Crippen LogP contribution in [-0.2, 0) is 9.59 Å². The first kappa shape index (κ1) is 27.7. The van der Waals surface area contributed by atoms with E-state index in [0.29, 0.717) is 35.4 Å². The first-order valence-corrected chi connectivity index (χ1v) is 13.8. The Bertz CT molecular complexity index is 1450. The number of ether oxygens (including phenoxy) is 1. The lowest BCUT2D eigenvalue weighted by Crippen LogP contribution is -2.48. The third-order valence-electron chi connectivity index (χ3n) is 6.94. The first-order valence-electron chi connectivity index (χ1n) is 13.0. The maximum absolute atomic E-state index is 13.2. The summed E-state index contributed by atoms with van der Waals surface area (Å²) in [4.78, 5) is 29.8. The van der Waals surface area contributed by atoms with E-state index in [1.54, 1.807) is 24.3 Å². The van der Waals surface area contributed by atoms with Gasteiger partial charge in [-0.05, 0) is 78.1 Å². The molecule has 0 saturated carbocycles. The van der Waals surface area contributed by atoms with E-state index in [0.717, 1.165) is 34.6 Å². The molecule has 0 aromatic heterocycles. The Morgan fingerprint density at radius 2 is 1.57 bits per heavy atom. The number of hydrazone groups is 1. The molecule has 7 nitrogen and oxygen atoms in total. The minimum Gasteiger partial charge on any atom is -0.484 e. The fraction of sp³-hybridized carbons (Fsp3) is 0.258. The minimum absolute atomic E-state index is 0.0881. The number of hydrogen-bond donors (Lipinski definition) is 1. The van der Waals surface area contributed by atoms with Gasteiger partial charge in [0.1, 0.15) is 5.75 Å². The number of hydrogen-bond acceptors (Lipinski definition) is 6. The number of anilines is 2. The van der Waals surface area contributed by atoms with Crippen molar-refractivity contribution >= 4 is 52.5 Å². The van der Waals surface area contributed by atoms with Crippen molar-refractivity contribution in [3.8, 4) is 5.75 Å². The molecule has 0 unspecified atom stereocenters. The summed E-state index contributed by atoms with van der Waals surface area (Å²) in [6.45, 7) is 5.25. The molecule has 3 aromatic carbocycles. The van der Waals surface area contributed by atoms with Gasteiger partial charge < -0.3 is 14.5 Å². The van der Waals surface area contributed by atoms with Gasteiger partial charge in [-0.25, -0.2) is 5.43 Å². The van der Waals surface area contributed by atoms with E-state index in [9.17, 15) is 9.59 Å². The summed E-state index contributed by atoms with van der Waals surface area (Å²) in [6, 6.07) is 22.3. The second-order valence-electron chi connectivity index (χ2n) is 10.7. The molecule has 40 heavy (non-hydrogen) atoms. The van der Waals surface area contributed by atoms with Gasteiger partial charge in [0, 0.05) is 45.7 Å². The highest BCUT2D eigenvalue weighted by Gasteiger charge is 2.39. The Balaban J connectivity index is 1.25. The summed E-state index contributed by atoms with van der Waals surface area (Å²) in [7, 11) is 0. The molecular formula is C31H30Cl2N4O3. The zero-order chi connectivity index (χ0) is 28.3. The Labute approximate surface area is 244 Å². The molecule has 3 aromatic rings. The van der Waals surface area contributed by atoms with Crippen LogP contribution in [0.1, 0.15) is 32.3 Å². The van der Waals surface area contributed by atoms with Gasteiger partial charge in [0.2, 0.25) is 0 Å². The van der Waals surface area contributed by atoms with Crippen LogP contribution >= 0.6 is 23.2 Å². The molecule has 5 rings (SSSR count). The summed E-state index contributed by atoms with van der Waals surface area (Å²) in [5.41, 5.74) is 7.07. The number of Topliss-reactive ketones (excluding diaryl/α,β-unsaturated/α-hetero) is 1. The van der Waals surface area contributed by atoms with Crippen molar-refractivity contribution in [2.45, 2.75) is 26.7 Å². The van der Waals surface area contributed by atoms with Gasteiger partial charge in [0.15, 0.2) is 12.4 Å². The average Bonchev–Trinajstić information content (AvgIpc) is 2.93. The molecule has 1 N–H and O–H groups in total. The van der Waals surface area contributed by atoms with E-state index >= 15 is 0 Å². The van der Waals surface area contributed by atoms with Crippen molar-refractivity contribution in [2.24, 2.45) is 10.5 Å². The highest BCUT2D eigenvalue weighted by atomic mass is 35.5. The lowest BCUT2D eigenvalue weighted by Gasteiger charge is -2.45. The van der Waals surface area contributed by atoms with Crippen molar-refractivity contribution < 1.29 is 14.3 Å². The SMILES string of the molecule is CC1(C)CC(=O)C2=C(C1)N(c1ccc(Cl)cc1)CN(c1ccc(OCC(=O)N/N=C/c3ccc(Cl)cc3)cc1)C2. The monoisotopic (exact) mass is 576 g/mol. The molecule has 1 aliphatic heterocycles. The molecule has 2 aliphatic rings. The predicted octanol–water partition coefficient (Wildman–Crippen LogP) is 6.45. The Hall–Kier alpha value is -3.81. The van der Waals surface area contributed by atoms with E-state index in [2.05, 4.69) is 34.2 Å². The van der Waals surface area contributed by atoms with E-state index in [1.807, 2.05) is 48.5 Å². The molecule has 1 aliphatic carbocycles. The lowest BCUT2D eigenvalue weighted by atomic mass is 9.74. The lowest BCUT2D eigenvalue weighted by molar-refractivity contribution is -0.123. The van der Waals surface area contributed by atoms with E-state index in [-0.39, 0.29) is 23.7 Å². The summed E-state index contributed by atoms with van der Waals surface area (Å²) < 4.78 is 5.65. The van der Waals surface area contributed by atoms with Crippen LogP contribution in [-0.4, -0.2) is 37.7 Å². The minimum atomic E-state index is -0.373. The molecule has 1 heterocycles. The van der Waals surface area contributed by atoms with Gasteiger partial charge in [0.05, 0.1) is 12.9 Å². The molecular weight excluding hydrogens is 547 g/mol. The molecule has 0 fully saturated rings. The molecule has 0 radical (unpaired) electrons. The normalized spacial score (nSPS) is 16.8. The Morgan fingerprint density at radius 1 is 0.950 bits per heavy atom. The van der Waals surface area contributed by atoms with Crippen LogP contribution in [0.5, 0.6) is 5.75 Å². The van der Waals surface area contributed by atoms with Crippen LogP contribution in [0.4, 0.5) is 11.4 Å². The summed E-state index contributed by atoms with van der Waals surface area (Å²) in [5.74, 6) is 0.379. The standard InChI is InChI=1S/C31H30Cl2N4O3/c1-31(2)15-28-27(29(38)16-31)18-36(20-37(28)25-9-7-23(33)8-10-25)24-11-13-26(14-12-24)40-19-30(39)35-34-17-21-3-5-22(32)6-4-21/h3-14,17H,15-16,18-20H2,1-2H3,(H,35,39)/b34-17+. The molecule has 0 bridgehead atoms. The third kappa shape index (κ3) is 6.66. The smallest absolute Gasteiger partial charge is 0.277 e. The van der Waals surface area contributed by atoms with Gasteiger partial charge >= 0.3 is 0 Å². The Kier molecular flexibility index (Phi) is 8.14. The van der Waals surface area contributed by atoms with Crippen LogP contribution in [0.15, 0.2) is 89.2 Å². The predicted molar refractivity (Wildman–Crippen MR) is 160 cm³/mol. The van der Waals surface area contributed by atoms with Crippen molar-refractivity contribution in [1.82, 2.24) is 5.43 Å². The molecule has 206 valence electrons. The second kappa shape index (κ2) is 11.7. The molecule has 0 spiro atoms. The fourth-order valence-electron chi connectivity index (χ4n) is 4.95. The molecule has 1 amide bonds. The maximum atomic E-state index is 13.2. The highest BCUT2D eigenvalue weighted by Crippen LogP contribution is 2.42. The zero-order valence-electron chi connectivity index (χ0n) is 22.4. The largest absolute Gasteiger partial charge is 0.484 e. The number of benzene rings is 3. The number of carbonyl (C=O) groups excluding carboxylic acids is 2. The topological polar surface area (TPSA) is 74.2 Å². The number of nitrogens with one attached hydrogen (secondary N) is 1. The number of nitrogens with zero attached hydrogens (tertiary/aromatic N) is 3. The van der Waals surface area contributed by atoms with E-state index < -0.39 is 0 Å². The summed E-state index contributed by atoms with van der Waals surface area (Å²) >= 11 is 12.0. The summed E-state index contributed by atoms with van der Waals surface area (Å²) in [5, 5.41) is 5.25. The van der Waals surface area contributed by atoms with Crippen LogP contribution in [0, 0.1) is 5.41 Å². The number of amides is 1. The quantitative estimate of drug-likeness (QED) is 0.258. The number of rotatable bonds is 7. The van der Waals surface area contributed by atoms with Crippen molar-refractivity contribution in [3.63, 3.8) is 0 Å². The summed E-state index contributed by atoms with van der Waals surface area (Å²) in [6.07, 6.45) is 2.91. The van der Waals surface area contributed by atoms with Gasteiger partial charge in [-0.2, -0.15) is 5.10 Å². The van der Waals surface area contributed by atoms with Crippen LogP contribution < -0.4 is 20.0 Å². The van der Waals surface area contributed by atoms with Crippen molar-refractivity contribution in [2.75, 3.05) is 29.6 Å². The Morgan fingerprint density at radius 3 is 2.25 bits per heavy atom. The first-order chi connectivity index (χ1) is 19.2. The van der Waals surface area contributed by atoms with Gasteiger partial charge in [-0.3, -0.25) is 9.59 Å². The van der Waals surface area contributed by atoms with Crippen LogP contribution in [0.2, 0.25) is 10.0 Å².